The molecule has 3 rings (SSSR count). The molecule has 0 spiro atoms. The molecule has 0 saturated carbocycles. The maximum atomic E-state index is 12.9. The van der Waals surface area contributed by atoms with Crippen LogP contribution in [-0.2, 0) is 11.8 Å². The molecular formula is C17H17N3O4. The van der Waals surface area contributed by atoms with Crippen molar-refractivity contribution in [2.45, 2.75) is 13.8 Å². The van der Waals surface area contributed by atoms with Crippen LogP contribution in [0, 0.1) is 6.92 Å². The van der Waals surface area contributed by atoms with Crippen molar-refractivity contribution in [2.24, 2.45) is 7.05 Å². The number of para-hydroxylation sites is 1. The molecule has 0 atom stereocenters. The van der Waals surface area contributed by atoms with E-state index in [-0.39, 0.29) is 23.3 Å². The van der Waals surface area contributed by atoms with Crippen LogP contribution in [0.15, 0.2) is 35.1 Å². The van der Waals surface area contributed by atoms with Crippen molar-refractivity contribution in [1.82, 2.24) is 14.1 Å². The number of nitrogens with zero attached hydrogens (tertiary/aromatic N) is 3. The van der Waals surface area contributed by atoms with Crippen LogP contribution in [0.1, 0.15) is 23.2 Å². The summed E-state index contributed by atoms with van der Waals surface area (Å²) in [6.07, 6.45) is 0. The lowest BCUT2D eigenvalue weighted by Crippen LogP contribution is -2.22. The summed E-state index contributed by atoms with van der Waals surface area (Å²) in [7, 11) is 1.56. The largest absolute Gasteiger partial charge is 0.505 e. The summed E-state index contributed by atoms with van der Waals surface area (Å²) in [4.78, 5) is 29.4. The second-order valence-corrected chi connectivity index (χ2v) is 5.31. The summed E-state index contributed by atoms with van der Waals surface area (Å²) in [6, 6.07) is 9.00. The van der Waals surface area contributed by atoms with Gasteiger partial charge in [-0.05, 0) is 26.0 Å². The molecule has 0 unspecified atom stereocenters. The highest BCUT2D eigenvalue weighted by Gasteiger charge is 2.26. The number of esters is 1. The van der Waals surface area contributed by atoms with Gasteiger partial charge in [0.2, 0.25) is 0 Å². The van der Waals surface area contributed by atoms with Crippen LogP contribution in [0.5, 0.6) is 5.75 Å². The Bertz CT molecular complexity index is 987. The van der Waals surface area contributed by atoms with Crippen molar-refractivity contribution in [3.05, 3.63) is 52.2 Å². The minimum absolute atomic E-state index is 0.00462. The van der Waals surface area contributed by atoms with Crippen LogP contribution in [0.3, 0.4) is 0 Å². The van der Waals surface area contributed by atoms with Crippen LogP contribution < -0.4 is 5.56 Å². The molecule has 3 aromatic rings. The molecule has 0 bridgehead atoms. The minimum Gasteiger partial charge on any atom is -0.505 e. The molecule has 1 N–H and O–H groups in total. The van der Waals surface area contributed by atoms with E-state index >= 15 is 0 Å². The van der Waals surface area contributed by atoms with Crippen LogP contribution in [0.25, 0.3) is 16.7 Å². The fourth-order valence-electron chi connectivity index (χ4n) is 2.76. The van der Waals surface area contributed by atoms with E-state index < -0.39 is 17.3 Å². The third-order valence-corrected chi connectivity index (χ3v) is 3.83. The Labute approximate surface area is 137 Å². The Balaban J connectivity index is 2.36. The molecule has 0 saturated heterocycles. The third-order valence-electron chi connectivity index (χ3n) is 3.83. The number of rotatable bonds is 3. The average Bonchev–Trinajstić information content (AvgIpc) is 2.79. The number of hydrogen-bond acceptors (Lipinski definition) is 5. The van der Waals surface area contributed by atoms with E-state index in [1.54, 1.807) is 45.2 Å². The first kappa shape index (κ1) is 15.8. The molecule has 2 aromatic heterocycles. The molecule has 0 aliphatic carbocycles. The van der Waals surface area contributed by atoms with Gasteiger partial charge >= 0.3 is 5.97 Å². The molecule has 0 fully saturated rings. The van der Waals surface area contributed by atoms with Gasteiger partial charge in [0.15, 0.2) is 17.1 Å². The summed E-state index contributed by atoms with van der Waals surface area (Å²) < 4.78 is 7.73. The summed E-state index contributed by atoms with van der Waals surface area (Å²) in [5.41, 5.74) is 0.356. The van der Waals surface area contributed by atoms with E-state index in [9.17, 15) is 14.7 Å². The SMILES string of the molecule is CCOC(=O)c1c(O)c2c(=O)n(-c3ccccc3)c(C)nc2n1C. The fourth-order valence-corrected chi connectivity index (χ4v) is 2.76. The van der Waals surface area contributed by atoms with Gasteiger partial charge in [0.25, 0.3) is 5.56 Å². The van der Waals surface area contributed by atoms with Gasteiger partial charge in [-0.1, -0.05) is 18.2 Å². The van der Waals surface area contributed by atoms with E-state index in [1.165, 1.54) is 9.13 Å². The first-order valence-corrected chi connectivity index (χ1v) is 7.50. The number of carbonyl (C=O) groups is 1. The van der Waals surface area contributed by atoms with Crippen molar-refractivity contribution < 1.29 is 14.6 Å². The lowest BCUT2D eigenvalue weighted by molar-refractivity contribution is 0.0512. The van der Waals surface area contributed by atoms with Crippen molar-refractivity contribution >= 4 is 17.0 Å². The summed E-state index contributed by atoms with van der Waals surface area (Å²) >= 11 is 0. The highest BCUT2D eigenvalue weighted by molar-refractivity contribution is 6.00. The first-order chi connectivity index (χ1) is 11.5. The average molecular weight is 327 g/mol. The maximum absolute atomic E-state index is 12.9. The monoisotopic (exact) mass is 327 g/mol. The molecule has 0 amide bonds. The first-order valence-electron chi connectivity index (χ1n) is 7.50. The smallest absolute Gasteiger partial charge is 0.358 e. The maximum Gasteiger partial charge on any atom is 0.358 e. The zero-order valence-electron chi connectivity index (χ0n) is 13.6. The number of aromatic hydroxyl groups is 1. The van der Waals surface area contributed by atoms with Gasteiger partial charge in [0, 0.05) is 7.05 Å². The number of benzene rings is 1. The van der Waals surface area contributed by atoms with Crippen molar-refractivity contribution in [2.75, 3.05) is 6.61 Å². The van der Waals surface area contributed by atoms with Gasteiger partial charge in [0.1, 0.15) is 11.2 Å². The summed E-state index contributed by atoms with van der Waals surface area (Å²) in [5.74, 6) is -0.651. The lowest BCUT2D eigenvalue weighted by atomic mass is 10.2. The zero-order chi connectivity index (χ0) is 17.4. The van der Waals surface area contributed by atoms with E-state index in [2.05, 4.69) is 4.98 Å². The number of fused-ring (bicyclic) bond motifs is 1. The van der Waals surface area contributed by atoms with Crippen LogP contribution in [0.4, 0.5) is 0 Å². The number of aromatic nitrogens is 3. The van der Waals surface area contributed by atoms with E-state index in [4.69, 9.17) is 4.74 Å². The second-order valence-electron chi connectivity index (χ2n) is 5.31. The molecule has 7 nitrogen and oxygen atoms in total. The van der Waals surface area contributed by atoms with Gasteiger partial charge in [0.05, 0.1) is 12.3 Å². The molecule has 24 heavy (non-hydrogen) atoms. The predicted octanol–water partition coefficient (Wildman–Crippen LogP) is 1.91. The predicted molar refractivity (Wildman–Crippen MR) is 88.7 cm³/mol. The number of aryl methyl sites for hydroxylation is 2. The molecule has 0 aliphatic heterocycles. The van der Waals surface area contributed by atoms with Gasteiger partial charge in [-0.2, -0.15) is 0 Å². The highest BCUT2D eigenvalue weighted by Crippen LogP contribution is 2.29. The molecule has 124 valence electrons. The molecule has 2 heterocycles. The Morgan fingerprint density at radius 2 is 1.96 bits per heavy atom. The van der Waals surface area contributed by atoms with Gasteiger partial charge in [-0.3, -0.25) is 9.36 Å². The van der Waals surface area contributed by atoms with Gasteiger partial charge in [-0.15, -0.1) is 0 Å². The minimum atomic E-state index is -0.696. The summed E-state index contributed by atoms with van der Waals surface area (Å²) in [6.45, 7) is 3.53. The van der Waals surface area contributed by atoms with Crippen molar-refractivity contribution in [3.8, 4) is 11.4 Å². The standard InChI is InChI=1S/C17H17N3O4/c1-4-24-17(23)13-14(21)12-15(19(13)3)18-10(2)20(16(12)22)11-8-6-5-7-9-11/h5-9,21H,4H2,1-3H3. The van der Waals surface area contributed by atoms with Crippen molar-refractivity contribution in [3.63, 3.8) is 0 Å². The molecule has 0 radical (unpaired) electrons. The van der Waals surface area contributed by atoms with Gasteiger partial charge < -0.3 is 14.4 Å². The highest BCUT2D eigenvalue weighted by atomic mass is 16.5. The lowest BCUT2D eigenvalue weighted by Gasteiger charge is -2.09. The van der Waals surface area contributed by atoms with Gasteiger partial charge in [-0.25, -0.2) is 9.78 Å². The van der Waals surface area contributed by atoms with Crippen LogP contribution in [-0.4, -0.2) is 31.8 Å². The van der Waals surface area contributed by atoms with E-state index in [0.717, 1.165) is 0 Å². The number of carbonyl (C=O) groups excluding carboxylic acids is 1. The Hall–Kier alpha value is -3.09. The Morgan fingerprint density at radius 1 is 1.29 bits per heavy atom. The zero-order valence-corrected chi connectivity index (χ0v) is 13.6. The van der Waals surface area contributed by atoms with Crippen LogP contribution >= 0.6 is 0 Å². The molecule has 7 heteroatoms. The quantitative estimate of drug-likeness (QED) is 0.743. The Morgan fingerprint density at radius 3 is 2.58 bits per heavy atom. The van der Waals surface area contributed by atoms with Crippen molar-refractivity contribution in [1.29, 1.82) is 0 Å². The Kier molecular flexibility index (Phi) is 3.84. The fraction of sp³-hybridized carbons (Fsp3) is 0.235. The summed E-state index contributed by atoms with van der Waals surface area (Å²) in [5, 5.41) is 10.4. The third kappa shape index (κ3) is 2.25. The molecular weight excluding hydrogens is 310 g/mol. The van der Waals surface area contributed by atoms with Crippen LogP contribution in [0.2, 0.25) is 0 Å². The normalized spacial score (nSPS) is 11.0. The van der Waals surface area contributed by atoms with E-state index in [1.807, 2.05) is 6.07 Å². The molecule has 0 aliphatic rings. The number of hydrogen-bond donors (Lipinski definition) is 1. The number of ether oxygens (including phenoxy) is 1. The molecule has 1 aromatic carbocycles. The van der Waals surface area contributed by atoms with E-state index in [0.29, 0.717) is 11.5 Å². The second kappa shape index (κ2) is 5.84. The topological polar surface area (TPSA) is 86.3 Å².